The van der Waals surface area contributed by atoms with Gasteiger partial charge in [0, 0.05) is 33.0 Å². The molecule has 0 saturated heterocycles. The van der Waals surface area contributed by atoms with Gasteiger partial charge in [-0.15, -0.1) is 0 Å². The van der Waals surface area contributed by atoms with E-state index in [1.54, 1.807) is 6.07 Å². The van der Waals surface area contributed by atoms with Crippen molar-refractivity contribution in [3.05, 3.63) is 130 Å². The molecule has 0 fully saturated rings. The number of para-hydroxylation sites is 2. The number of halogens is 2. The second-order valence-electron chi connectivity index (χ2n) is 9.43. The van der Waals surface area contributed by atoms with Crippen molar-refractivity contribution in [1.82, 2.24) is 0 Å². The molecule has 1 heterocycles. The van der Waals surface area contributed by atoms with Crippen LogP contribution in [0.1, 0.15) is 39.9 Å². The van der Waals surface area contributed by atoms with Gasteiger partial charge < -0.3 is 16.0 Å². The van der Waals surface area contributed by atoms with Crippen molar-refractivity contribution in [3.8, 4) is 0 Å². The first-order chi connectivity index (χ1) is 18.1. The van der Waals surface area contributed by atoms with E-state index < -0.39 is 0 Å². The van der Waals surface area contributed by atoms with E-state index in [1.165, 1.54) is 0 Å². The molecular weight excluding hydrogens is 501 g/mol. The van der Waals surface area contributed by atoms with Crippen LogP contribution in [0.2, 0.25) is 10.0 Å². The fourth-order valence-electron chi connectivity index (χ4n) is 5.40. The standard InChI is InChI=1S/C31H25Cl2N3O/c32-19-12-17-26(28(33)18-19)29-24-9-4-8-23(24)25-10-5-11-27(30(25)36-29)31(37)35-22-15-13-21(14-16-22)34-20-6-2-1-3-7-20/h1-8,10-18,23-24,29,34,36H,9H2,(H,35,37). The molecule has 0 bridgehead atoms. The topological polar surface area (TPSA) is 53.2 Å². The normalized spacial score (nSPS) is 19.5. The molecule has 6 rings (SSSR count). The average Bonchev–Trinajstić information content (AvgIpc) is 3.40. The number of rotatable bonds is 5. The summed E-state index contributed by atoms with van der Waals surface area (Å²) in [6.07, 6.45) is 5.42. The van der Waals surface area contributed by atoms with Gasteiger partial charge in [0.1, 0.15) is 0 Å². The third kappa shape index (κ3) is 4.71. The number of carbonyl (C=O) groups excluding carboxylic acids is 1. The van der Waals surface area contributed by atoms with Crippen molar-refractivity contribution < 1.29 is 4.79 Å². The van der Waals surface area contributed by atoms with Crippen molar-refractivity contribution in [1.29, 1.82) is 0 Å². The van der Waals surface area contributed by atoms with Crippen LogP contribution >= 0.6 is 23.2 Å². The van der Waals surface area contributed by atoms with Gasteiger partial charge in [-0.25, -0.2) is 0 Å². The summed E-state index contributed by atoms with van der Waals surface area (Å²) in [5.41, 5.74) is 6.28. The molecule has 4 aromatic rings. The van der Waals surface area contributed by atoms with Crippen molar-refractivity contribution in [3.63, 3.8) is 0 Å². The number of nitrogens with one attached hydrogen (secondary N) is 3. The minimum Gasteiger partial charge on any atom is -0.377 e. The Bertz CT molecular complexity index is 1480. The SMILES string of the molecule is O=C(Nc1ccc(Nc2ccccc2)cc1)c1cccc2c1NC(c1ccc(Cl)cc1Cl)C1CC=CC21. The predicted octanol–water partition coefficient (Wildman–Crippen LogP) is 8.82. The van der Waals surface area contributed by atoms with E-state index in [0.29, 0.717) is 21.5 Å². The zero-order valence-electron chi connectivity index (χ0n) is 19.9. The monoisotopic (exact) mass is 525 g/mol. The van der Waals surface area contributed by atoms with Crippen LogP contribution in [0.5, 0.6) is 0 Å². The minimum atomic E-state index is -0.158. The maximum atomic E-state index is 13.5. The van der Waals surface area contributed by atoms with Gasteiger partial charge in [-0.1, -0.05) is 71.8 Å². The highest BCUT2D eigenvalue weighted by atomic mass is 35.5. The van der Waals surface area contributed by atoms with Gasteiger partial charge in [0.2, 0.25) is 0 Å². The summed E-state index contributed by atoms with van der Waals surface area (Å²) in [7, 11) is 0. The Kier molecular flexibility index (Phi) is 6.37. The molecule has 184 valence electrons. The molecule has 0 spiro atoms. The molecule has 2 aliphatic rings. The van der Waals surface area contributed by atoms with Crippen LogP contribution in [-0.2, 0) is 0 Å². The average molecular weight is 526 g/mol. The lowest BCUT2D eigenvalue weighted by Crippen LogP contribution is -2.31. The lowest BCUT2D eigenvalue weighted by molar-refractivity contribution is 0.102. The summed E-state index contributed by atoms with van der Waals surface area (Å²) in [6, 6.07) is 29.2. The van der Waals surface area contributed by atoms with E-state index >= 15 is 0 Å². The van der Waals surface area contributed by atoms with Crippen molar-refractivity contribution >= 4 is 51.9 Å². The summed E-state index contributed by atoms with van der Waals surface area (Å²) >= 11 is 12.8. The molecule has 1 aliphatic heterocycles. The van der Waals surface area contributed by atoms with Crippen LogP contribution < -0.4 is 16.0 Å². The second-order valence-corrected chi connectivity index (χ2v) is 10.3. The van der Waals surface area contributed by atoms with Crippen molar-refractivity contribution in [2.45, 2.75) is 18.4 Å². The lowest BCUT2D eigenvalue weighted by Gasteiger charge is -2.38. The number of allylic oxidation sites excluding steroid dienone is 2. The largest absolute Gasteiger partial charge is 0.377 e. The van der Waals surface area contributed by atoms with Gasteiger partial charge in [0.25, 0.3) is 5.91 Å². The molecule has 0 radical (unpaired) electrons. The van der Waals surface area contributed by atoms with Gasteiger partial charge in [0.05, 0.1) is 17.3 Å². The number of hydrogen-bond acceptors (Lipinski definition) is 3. The Labute approximate surface area is 226 Å². The fourth-order valence-corrected chi connectivity index (χ4v) is 5.92. The van der Waals surface area contributed by atoms with Crippen LogP contribution in [0.4, 0.5) is 22.7 Å². The summed E-state index contributed by atoms with van der Waals surface area (Å²) in [4.78, 5) is 13.5. The van der Waals surface area contributed by atoms with E-state index in [0.717, 1.165) is 40.3 Å². The van der Waals surface area contributed by atoms with E-state index in [1.807, 2.05) is 78.9 Å². The first-order valence-corrected chi connectivity index (χ1v) is 13.1. The lowest BCUT2D eigenvalue weighted by atomic mass is 9.76. The molecule has 1 amide bonds. The Morgan fingerprint density at radius 2 is 1.57 bits per heavy atom. The predicted molar refractivity (Wildman–Crippen MR) is 153 cm³/mol. The van der Waals surface area contributed by atoms with E-state index in [4.69, 9.17) is 23.2 Å². The van der Waals surface area contributed by atoms with Crippen LogP contribution in [0, 0.1) is 5.92 Å². The summed E-state index contributed by atoms with van der Waals surface area (Å²) in [5, 5.41) is 11.3. The molecule has 3 N–H and O–H groups in total. The second kappa shape index (κ2) is 9.97. The molecule has 0 saturated carbocycles. The number of fused-ring (bicyclic) bond motifs is 3. The van der Waals surface area contributed by atoms with Gasteiger partial charge >= 0.3 is 0 Å². The van der Waals surface area contributed by atoms with Crippen molar-refractivity contribution in [2.75, 3.05) is 16.0 Å². The van der Waals surface area contributed by atoms with Crippen LogP contribution in [0.3, 0.4) is 0 Å². The van der Waals surface area contributed by atoms with Gasteiger partial charge in [-0.05, 0) is 78.1 Å². The molecule has 4 nitrogen and oxygen atoms in total. The molecule has 3 unspecified atom stereocenters. The minimum absolute atomic E-state index is 0.0328. The van der Waals surface area contributed by atoms with E-state index in [-0.39, 0.29) is 17.9 Å². The Balaban J connectivity index is 1.26. The zero-order valence-corrected chi connectivity index (χ0v) is 21.4. The Morgan fingerprint density at radius 3 is 2.35 bits per heavy atom. The highest BCUT2D eigenvalue weighted by Gasteiger charge is 2.40. The third-order valence-electron chi connectivity index (χ3n) is 7.14. The molecule has 0 aromatic heterocycles. The smallest absolute Gasteiger partial charge is 0.257 e. The van der Waals surface area contributed by atoms with Crippen LogP contribution in [-0.4, -0.2) is 5.91 Å². The number of carbonyl (C=O) groups is 1. The van der Waals surface area contributed by atoms with E-state index in [9.17, 15) is 4.79 Å². The Morgan fingerprint density at radius 1 is 0.811 bits per heavy atom. The van der Waals surface area contributed by atoms with Crippen LogP contribution in [0.25, 0.3) is 0 Å². The summed E-state index contributed by atoms with van der Waals surface area (Å²) in [5.74, 6) is 0.368. The quantitative estimate of drug-likeness (QED) is 0.228. The molecule has 37 heavy (non-hydrogen) atoms. The molecule has 4 aromatic carbocycles. The summed E-state index contributed by atoms with van der Waals surface area (Å²) in [6.45, 7) is 0. The zero-order chi connectivity index (χ0) is 25.4. The molecule has 1 aliphatic carbocycles. The third-order valence-corrected chi connectivity index (χ3v) is 7.71. The van der Waals surface area contributed by atoms with Gasteiger partial charge in [-0.2, -0.15) is 0 Å². The van der Waals surface area contributed by atoms with Crippen LogP contribution in [0.15, 0.2) is 103 Å². The Hall–Kier alpha value is -3.73. The molecular formula is C31H25Cl2N3O. The van der Waals surface area contributed by atoms with Gasteiger partial charge in [-0.3, -0.25) is 4.79 Å². The maximum absolute atomic E-state index is 13.5. The molecule has 6 heteroatoms. The van der Waals surface area contributed by atoms with E-state index in [2.05, 4.69) is 34.2 Å². The number of benzene rings is 4. The number of hydrogen-bond donors (Lipinski definition) is 3. The highest BCUT2D eigenvalue weighted by molar-refractivity contribution is 6.35. The van der Waals surface area contributed by atoms with Gasteiger partial charge in [0.15, 0.2) is 0 Å². The summed E-state index contributed by atoms with van der Waals surface area (Å²) < 4.78 is 0. The number of amides is 1. The first kappa shape index (κ1) is 23.7. The molecule has 3 atom stereocenters. The first-order valence-electron chi connectivity index (χ1n) is 12.3. The highest BCUT2D eigenvalue weighted by Crippen LogP contribution is 2.51. The van der Waals surface area contributed by atoms with Crippen molar-refractivity contribution in [2.24, 2.45) is 5.92 Å². The number of anilines is 4. The fraction of sp³-hybridized carbons (Fsp3) is 0.129. The maximum Gasteiger partial charge on any atom is 0.257 e.